The fraction of sp³-hybridized carbons (Fsp3) is 1.00. The summed E-state index contributed by atoms with van der Waals surface area (Å²) in [5.74, 6) is -0.497. The Hall–Kier alpha value is -0.280. The lowest BCUT2D eigenvalue weighted by Gasteiger charge is -2.17. The van der Waals surface area contributed by atoms with Gasteiger partial charge in [-0.25, -0.2) is 0 Å². The molecule has 0 bridgehead atoms. The van der Waals surface area contributed by atoms with Gasteiger partial charge in [0.05, 0.1) is 66.1 Å². The Labute approximate surface area is 126 Å². The van der Waals surface area contributed by atoms with Crippen molar-refractivity contribution in [2.45, 2.75) is 25.7 Å². The molecule has 0 aromatic heterocycles. The van der Waals surface area contributed by atoms with Crippen molar-refractivity contribution in [3.63, 3.8) is 0 Å². The van der Waals surface area contributed by atoms with Crippen LogP contribution in [0.4, 0.5) is 0 Å². The van der Waals surface area contributed by atoms with Gasteiger partial charge in [-0.2, -0.15) is 0 Å². The van der Waals surface area contributed by atoms with Crippen molar-refractivity contribution >= 4 is 0 Å². The van der Waals surface area contributed by atoms with Crippen LogP contribution in [0.15, 0.2) is 0 Å². The molecule has 0 aromatic rings. The van der Waals surface area contributed by atoms with Crippen LogP contribution in [0.25, 0.3) is 0 Å². The van der Waals surface area contributed by atoms with Gasteiger partial charge in [-0.3, -0.25) is 0 Å². The first-order valence-corrected chi connectivity index (χ1v) is 7.37. The number of hydrogen-bond acceptors (Lipinski definition) is 7. The maximum Gasteiger partial charge on any atom is 0.163 e. The smallest absolute Gasteiger partial charge is 0.163 e. The Morgan fingerprint density at radius 1 is 0.905 bits per heavy atom. The summed E-state index contributed by atoms with van der Waals surface area (Å²) in [5.41, 5.74) is 0. The highest BCUT2D eigenvalue weighted by Crippen LogP contribution is 2.22. The Kier molecular flexibility index (Phi) is 10.1. The van der Waals surface area contributed by atoms with Crippen LogP contribution in [0.3, 0.4) is 0 Å². The highest BCUT2D eigenvalue weighted by atomic mass is 16.7. The van der Waals surface area contributed by atoms with Gasteiger partial charge in [0.1, 0.15) is 6.10 Å². The van der Waals surface area contributed by atoms with Crippen molar-refractivity contribution in [2.24, 2.45) is 0 Å². The summed E-state index contributed by atoms with van der Waals surface area (Å²) in [4.78, 5) is 0. The van der Waals surface area contributed by atoms with Gasteiger partial charge >= 0.3 is 0 Å². The largest absolute Gasteiger partial charge is 0.394 e. The molecule has 126 valence electrons. The summed E-state index contributed by atoms with van der Waals surface area (Å²) in [7, 11) is 0. The van der Waals surface area contributed by atoms with Crippen LogP contribution in [0.5, 0.6) is 0 Å². The minimum atomic E-state index is -0.497. The summed E-state index contributed by atoms with van der Waals surface area (Å²) in [6, 6.07) is 0. The molecular weight excluding hydrogens is 280 g/mol. The Morgan fingerprint density at radius 2 is 1.43 bits per heavy atom. The van der Waals surface area contributed by atoms with Gasteiger partial charge in [0.15, 0.2) is 5.79 Å². The predicted octanol–water partition coefficient (Wildman–Crippen LogP) is 0.197. The second-order valence-corrected chi connectivity index (χ2v) is 5.09. The molecule has 1 aliphatic heterocycles. The Bertz CT molecular complexity index is 247. The first kappa shape index (κ1) is 18.8. The average molecular weight is 308 g/mol. The van der Waals surface area contributed by atoms with Crippen molar-refractivity contribution < 1.29 is 33.5 Å². The predicted molar refractivity (Wildman–Crippen MR) is 75.3 cm³/mol. The van der Waals surface area contributed by atoms with E-state index in [1.165, 1.54) is 0 Å². The van der Waals surface area contributed by atoms with Crippen LogP contribution in [0.1, 0.15) is 13.8 Å². The van der Waals surface area contributed by atoms with Gasteiger partial charge < -0.3 is 33.5 Å². The maximum atomic E-state index is 8.49. The lowest BCUT2D eigenvalue weighted by atomic mass is 10.4. The van der Waals surface area contributed by atoms with E-state index in [1.807, 2.05) is 13.8 Å². The van der Waals surface area contributed by atoms with Crippen molar-refractivity contribution in [3.8, 4) is 0 Å². The molecule has 1 N–H and O–H groups in total. The van der Waals surface area contributed by atoms with Crippen molar-refractivity contribution in [2.75, 3.05) is 66.1 Å². The molecule has 0 aliphatic carbocycles. The van der Waals surface area contributed by atoms with E-state index in [0.29, 0.717) is 59.5 Å². The van der Waals surface area contributed by atoms with E-state index >= 15 is 0 Å². The van der Waals surface area contributed by atoms with Gasteiger partial charge in [0, 0.05) is 0 Å². The van der Waals surface area contributed by atoms with Gasteiger partial charge in [-0.05, 0) is 13.8 Å². The van der Waals surface area contributed by atoms with E-state index in [1.54, 1.807) is 0 Å². The van der Waals surface area contributed by atoms with Crippen LogP contribution in [0, 0.1) is 0 Å². The average Bonchev–Trinajstić information content (AvgIpc) is 2.79. The minimum absolute atomic E-state index is 0.00209. The van der Waals surface area contributed by atoms with Gasteiger partial charge in [0.2, 0.25) is 0 Å². The van der Waals surface area contributed by atoms with E-state index in [0.717, 1.165) is 0 Å². The van der Waals surface area contributed by atoms with E-state index in [4.69, 9.17) is 33.5 Å². The third-order valence-electron chi connectivity index (χ3n) is 2.72. The molecule has 0 amide bonds. The second-order valence-electron chi connectivity index (χ2n) is 5.09. The minimum Gasteiger partial charge on any atom is -0.394 e. The third-order valence-corrected chi connectivity index (χ3v) is 2.72. The number of aliphatic hydroxyl groups is 1. The number of rotatable bonds is 13. The molecule has 21 heavy (non-hydrogen) atoms. The standard InChI is InChI=1S/C14H28O7/c1-14(2)20-12-13(21-14)11-19-10-9-18-8-7-17-6-5-16-4-3-15/h13,15H,3-12H2,1-2H3/t13-/m1/s1. The van der Waals surface area contributed by atoms with E-state index in [-0.39, 0.29) is 12.7 Å². The van der Waals surface area contributed by atoms with Crippen molar-refractivity contribution in [3.05, 3.63) is 0 Å². The molecule has 7 heteroatoms. The van der Waals surface area contributed by atoms with Crippen molar-refractivity contribution in [1.82, 2.24) is 0 Å². The van der Waals surface area contributed by atoms with Gasteiger partial charge in [0.25, 0.3) is 0 Å². The van der Waals surface area contributed by atoms with Crippen LogP contribution in [-0.2, 0) is 28.4 Å². The zero-order valence-corrected chi connectivity index (χ0v) is 13.0. The molecule has 0 aromatic carbocycles. The topological polar surface area (TPSA) is 75.6 Å². The second kappa shape index (κ2) is 11.3. The van der Waals surface area contributed by atoms with E-state index in [2.05, 4.69) is 0 Å². The normalized spacial score (nSPS) is 21.0. The van der Waals surface area contributed by atoms with Gasteiger partial charge in [-0.1, -0.05) is 0 Å². The molecule has 1 heterocycles. The summed E-state index contributed by atoms with van der Waals surface area (Å²) in [6.07, 6.45) is 0.00209. The molecule has 7 nitrogen and oxygen atoms in total. The molecule has 1 saturated heterocycles. The van der Waals surface area contributed by atoms with Crippen LogP contribution in [0.2, 0.25) is 0 Å². The lowest BCUT2D eigenvalue weighted by molar-refractivity contribution is -0.145. The first-order chi connectivity index (χ1) is 10.1. The molecular formula is C14H28O7. The van der Waals surface area contributed by atoms with Gasteiger partial charge in [-0.15, -0.1) is 0 Å². The monoisotopic (exact) mass is 308 g/mol. The SMILES string of the molecule is CC1(C)OC[C@@H](COCCOCCOCCOCCO)O1. The molecule has 0 unspecified atom stereocenters. The molecule has 0 radical (unpaired) electrons. The zero-order chi connectivity index (χ0) is 15.4. The lowest BCUT2D eigenvalue weighted by Crippen LogP contribution is -2.24. The third kappa shape index (κ3) is 10.1. The Morgan fingerprint density at radius 3 is 1.90 bits per heavy atom. The van der Waals surface area contributed by atoms with E-state index < -0.39 is 5.79 Å². The maximum absolute atomic E-state index is 8.49. The summed E-state index contributed by atoms with van der Waals surface area (Å²) >= 11 is 0. The summed E-state index contributed by atoms with van der Waals surface area (Å²) < 4.78 is 32.2. The van der Waals surface area contributed by atoms with Crippen LogP contribution >= 0.6 is 0 Å². The molecule has 0 spiro atoms. The fourth-order valence-corrected chi connectivity index (χ4v) is 1.78. The van der Waals surface area contributed by atoms with Crippen molar-refractivity contribution in [1.29, 1.82) is 0 Å². The fourth-order valence-electron chi connectivity index (χ4n) is 1.78. The van der Waals surface area contributed by atoms with Crippen LogP contribution < -0.4 is 0 Å². The highest BCUT2D eigenvalue weighted by Gasteiger charge is 2.32. The summed E-state index contributed by atoms with van der Waals surface area (Å²) in [6.45, 7) is 8.37. The summed E-state index contributed by atoms with van der Waals surface area (Å²) in [5, 5.41) is 8.49. The molecule has 1 rings (SSSR count). The molecule has 1 fully saturated rings. The quantitative estimate of drug-likeness (QED) is 0.487. The molecule has 1 atom stereocenters. The molecule has 1 aliphatic rings. The number of hydrogen-bond donors (Lipinski definition) is 1. The molecule has 0 saturated carbocycles. The highest BCUT2D eigenvalue weighted by molar-refractivity contribution is 4.70. The van der Waals surface area contributed by atoms with E-state index in [9.17, 15) is 0 Å². The zero-order valence-electron chi connectivity index (χ0n) is 13.0. The number of aliphatic hydroxyl groups excluding tert-OH is 1. The number of ether oxygens (including phenoxy) is 6. The Balaban J connectivity index is 1.75. The van der Waals surface area contributed by atoms with Crippen LogP contribution in [-0.4, -0.2) is 83.1 Å². The first-order valence-electron chi connectivity index (χ1n) is 7.37.